The Morgan fingerprint density at radius 2 is 1.49 bits per heavy atom. The summed E-state index contributed by atoms with van der Waals surface area (Å²) in [4.78, 5) is 30.5. The molecular formula is C38H42ClN3O6S. The van der Waals surface area contributed by atoms with Crippen LogP contribution in [0.15, 0.2) is 108 Å². The zero-order chi connectivity index (χ0) is 34.8. The number of benzene rings is 4. The zero-order valence-electron chi connectivity index (χ0n) is 27.8. The summed E-state index contributed by atoms with van der Waals surface area (Å²) in [5, 5.41) is 3.65. The van der Waals surface area contributed by atoms with E-state index in [2.05, 4.69) is 5.32 Å². The monoisotopic (exact) mass is 703 g/mol. The molecule has 1 N–H and O–H groups in total. The van der Waals surface area contributed by atoms with Crippen LogP contribution >= 0.6 is 11.6 Å². The van der Waals surface area contributed by atoms with Gasteiger partial charge in [-0.25, -0.2) is 8.42 Å². The molecule has 0 aromatic heterocycles. The van der Waals surface area contributed by atoms with Crippen molar-refractivity contribution in [2.24, 2.45) is 0 Å². The summed E-state index contributed by atoms with van der Waals surface area (Å²) in [7, 11) is -1.39. The lowest BCUT2D eigenvalue weighted by molar-refractivity contribution is -0.140. The van der Waals surface area contributed by atoms with Gasteiger partial charge in [0.15, 0.2) is 0 Å². The lowest BCUT2D eigenvalue weighted by atomic mass is 9.94. The number of methoxy groups -OCH3 is 2. The topological polar surface area (TPSA) is 105 Å². The average molecular weight is 704 g/mol. The molecule has 0 radical (unpaired) electrons. The number of anilines is 1. The number of carbonyl (C=O) groups excluding carboxylic acids is 2. The Labute approximate surface area is 293 Å². The van der Waals surface area contributed by atoms with Crippen LogP contribution in [-0.2, 0) is 32.6 Å². The predicted octanol–water partition coefficient (Wildman–Crippen LogP) is 6.64. The van der Waals surface area contributed by atoms with E-state index in [0.29, 0.717) is 16.3 Å². The molecule has 0 bridgehead atoms. The first-order valence-corrected chi connectivity index (χ1v) is 18.2. The smallest absolute Gasteiger partial charge is 0.264 e. The van der Waals surface area contributed by atoms with Gasteiger partial charge in [-0.1, -0.05) is 91.5 Å². The molecule has 258 valence electrons. The third-order valence-corrected chi connectivity index (χ3v) is 10.9. The summed E-state index contributed by atoms with van der Waals surface area (Å²) >= 11 is 6.62. The second-order valence-corrected chi connectivity index (χ2v) is 14.3. The number of sulfonamides is 1. The largest absolute Gasteiger partial charge is 0.497 e. The molecule has 1 saturated carbocycles. The quantitative estimate of drug-likeness (QED) is 0.158. The van der Waals surface area contributed by atoms with Gasteiger partial charge in [0.25, 0.3) is 10.0 Å². The van der Waals surface area contributed by atoms with Crippen LogP contribution < -0.4 is 19.1 Å². The summed E-state index contributed by atoms with van der Waals surface area (Å²) in [5.74, 6) is -0.126. The molecule has 4 aromatic rings. The van der Waals surface area contributed by atoms with Crippen LogP contribution in [0.4, 0.5) is 5.69 Å². The molecule has 2 amide bonds. The van der Waals surface area contributed by atoms with Crippen LogP contribution in [0, 0.1) is 0 Å². The Hall–Kier alpha value is -4.54. The maximum absolute atomic E-state index is 14.8. The number of nitrogens with zero attached hydrogens (tertiary/aromatic N) is 2. The van der Waals surface area contributed by atoms with Gasteiger partial charge in [-0.3, -0.25) is 13.9 Å². The minimum Gasteiger partial charge on any atom is -0.497 e. The van der Waals surface area contributed by atoms with Crippen LogP contribution in [0.5, 0.6) is 11.5 Å². The Morgan fingerprint density at radius 3 is 2.16 bits per heavy atom. The third-order valence-electron chi connectivity index (χ3n) is 8.80. The second kappa shape index (κ2) is 16.7. The highest BCUT2D eigenvalue weighted by molar-refractivity contribution is 7.92. The highest BCUT2D eigenvalue weighted by Crippen LogP contribution is 2.33. The van der Waals surface area contributed by atoms with E-state index in [4.69, 9.17) is 21.1 Å². The van der Waals surface area contributed by atoms with Gasteiger partial charge in [-0.2, -0.15) is 0 Å². The molecular weight excluding hydrogens is 662 g/mol. The molecule has 1 aliphatic rings. The second-order valence-electron chi connectivity index (χ2n) is 12.0. The third kappa shape index (κ3) is 8.93. The number of halogens is 1. The molecule has 11 heteroatoms. The van der Waals surface area contributed by atoms with Crippen molar-refractivity contribution in [3.8, 4) is 11.5 Å². The fourth-order valence-corrected chi connectivity index (χ4v) is 7.75. The van der Waals surface area contributed by atoms with E-state index in [-0.39, 0.29) is 41.2 Å². The molecule has 5 rings (SSSR count). The molecule has 0 saturated heterocycles. The van der Waals surface area contributed by atoms with Crippen LogP contribution in [0.3, 0.4) is 0 Å². The molecule has 4 aromatic carbocycles. The van der Waals surface area contributed by atoms with Gasteiger partial charge in [0.1, 0.15) is 24.1 Å². The van der Waals surface area contributed by atoms with Crippen LogP contribution in [0.25, 0.3) is 0 Å². The first-order valence-electron chi connectivity index (χ1n) is 16.4. The minimum absolute atomic E-state index is 0.00248. The molecule has 0 spiro atoms. The van der Waals surface area contributed by atoms with Crippen molar-refractivity contribution >= 4 is 39.1 Å². The number of carbonyl (C=O) groups is 2. The van der Waals surface area contributed by atoms with E-state index in [1.54, 1.807) is 54.6 Å². The number of hydrogen-bond donors (Lipinski definition) is 1. The zero-order valence-corrected chi connectivity index (χ0v) is 29.3. The lowest BCUT2D eigenvalue weighted by Gasteiger charge is -2.35. The van der Waals surface area contributed by atoms with Crippen molar-refractivity contribution in [3.63, 3.8) is 0 Å². The summed E-state index contributed by atoms with van der Waals surface area (Å²) in [6.07, 6.45) is 5.11. The molecule has 1 atom stereocenters. The Bertz CT molecular complexity index is 1810. The normalized spacial score (nSPS) is 14.0. The first-order chi connectivity index (χ1) is 23.7. The van der Waals surface area contributed by atoms with Crippen LogP contribution in [-0.4, -0.2) is 58.0 Å². The van der Waals surface area contributed by atoms with Crippen molar-refractivity contribution in [2.75, 3.05) is 25.1 Å². The number of rotatable bonds is 14. The van der Waals surface area contributed by atoms with Gasteiger partial charge in [-0.05, 0) is 66.4 Å². The molecule has 9 nitrogen and oxygen atoms in total. The summed E-state index contributed by atoms with van der Waals surface area (Å²) in [6, 6.07) is 28.2. The minimum atomic E-state index is -4.33. The van der Waals surface area contributed by atoms with E-state index in [0.717, 1.165) is 42.0 Å². The first kappa shape index (κ1) is 35.8. The Kier molecular flexibility index (Phi) is 12.2. The fourth-order valence-electron chi connectivity index (χ4n) is 6.13. The summed E-state index contributed by atoms with van der Waals surface area (Å²) < 4.78 is 40.6. The van der Waals surface area contributed by atoms with Gasteiger partial charge >= 0.3 is 0 Å². The maximum atomic E-state index is 14.8. The lowest BCUT2D eigenvalue weighted by Crippen LogP contribution is -2.55. The molecule has 1 fully saturated rings. The predicted molar refractivity (Wildman–Crippen MR) is 191 cm³/mol. The van der Waals surface area contributed by atoms with Crippen LogP contribution in [0.2, 0.25) is 5.02 Å². The van der Waals surface area contributed by atoms with Gasteiger partial charge in [0.2, 0.25) is 11.8 Å². The number of para-hydroxylation sites is 2. The Morgan fingerprint density at radius 1 is 0.837 bits per heavy atom. The van der Waals surface area contributed by atoms with E-state index in [9.17, 15) is 18.0 Å². The highest BCUT2D eigenvalue weighted by Gasteiger charge is 2.36. The molecule has 0 unspecified atom stereocenters. The van der Waals surface area contributed by atoms with E-state index < -0.39 is 28.5 Å². The molecule has 1 aliphatic carbocycles. The Balaban J connectivity index is 1.59. The maximum Gasteiger partial charge on any atom is 0.264 e. The number of nitrogens with one attached hydrogen (secondary N) is 1. The van der Waals surface area contributed by atoms with Crippen LogP contribution in [0.1, 0.15) is 43.2 Å². The van der Waals surface area contributed by atoms with E-state index in [1.807, 2.05) is 36.4 Å². The summed E-state index contributed by atoms with van der Waals surface area (Å²) in [6.45, 7) is -0.627. The van der Waals surface area contributed by atoms with Crippen molar-refractivity contribution in [1.82, 2.24) is 10.2 Å². The van der Waals surface area contributed by atoms with E-state index >= 15 is 0 Å². The van der Waals surface area contributed by atoms with Gasteiger partial charge in [-0.15, -0.1) is 0 Å². The molecule has 0 aliphatic heterocycles. The van der Waals surface area contributed by atoms with Crippen molar-refractivity contribution < 1.29 is 27.5 Å². The fraction of sp³-hybridized carbons (Fsp3) is 0.316. The van der Waals surface area contributed by atoms with Gasteiger partial charge in [0, 0.05) is 24.0 Å². The van der Waals surface area contributed by atoms with E-state index in [1.165, 1.54) is 31.3 Å². The summed E-state index contributed by atoms with van der Waals surface area (Å²) in [5.41, 5.74) is 1.66. The van der Waals surface area contributed by atoms with Gasteiger partial charge in [0.05, 0.1) is 24.8 Å². The van der Waals surface area contributed by atoms with Gasteiger partial charge < -0.3 is 19.7 Å². The van der Waals surface area contributed by atoms with Crippen molar-refractivity contribution in [2.45, 2.75) is 62.0 Å². The number of amides is 2. The number of hydrogen-bond acceptors (Lipinski definition) is 6. The standard InChI is InChI=1S/C38H42ClN3O6S/c1-47-31-21-23-32(24-22-31)49(45,46)42(34-19-11-12-20-36(34)48-2)27-37(43)41(26-29-15-9-10-18-33(29)39)35(25-28-13-5-3-6-14-28)38(44)40-30-16-7-4-8-17-30/h3,5-6,9-15,18-24,30,35H,4,7-8,16-17,25-27H2,1-2H3,(H,40,44)/t35-/m0/s1. The van der Waals surface area contributed by atoms with Crippen molar-refractivity contribution in [1.29, 1.82) is 0 Å². The average Bonchev–Trinajstić information content (AvgIpc) is 3.13. The molecule has 0 heterocycles. The SMILES string of the molecule is COc1ccc(S(=O)(=O)N(CC(=O)N(Cc2ccccc2Cl)[C@@H](Cc2ccccc2)C(=O)NC2CCCCC2)c2ccccc2OC)cc1. The number of ether oxygens (including phenoxy) is 2. The molecule has 49 heavy (non-hydrogen) atoms. The highest BCUT2D eigenvalue weighted by atomic mass is 35.5. The van der Waals surface area contributed by atoms with Crippen molar-refractivity contribution in [3.05, 3.63) is 119 Å².